The first-order valence-electron chi connectivity index (χ1n) is 7.85. The lowest BCUT2D eigenvalue weighted by Crippen LogP contribution is -2.34. The molecule has 0 atom stereocenters. The van der Waals surface area contributed by atoms with Gasteiger partial charge < -0.3 is 0 Å². The second-order valence-corrected chi connectivity index (χ2v) is 7.42. The first kappa shape index (κ1) is 16.5. The molecular weight excluding hydrogens is 282 g/mol. The largest absolute Gasteiger partial charge is 0.299 e. The molecule has 21 heavy (non-hydrogen) atoms. The summed E-state index contributed by atoms with van der Waals surface area (Å²) in [6.07, 6.45) is 6.63. The van der Waals surface area contributed by atoms with Gasteiger partial charge in [0.05, 0.1) is 4.88 Å². The van der Waals surface area contributed by atoms with E-state index in [0.717, 1.165) is 12.5 Å². The standard InChI is InChI=1S/C16H27N3OS/c1-4-12-5-7-14(8-6-12)19(3)10-13-9-15(16(20)18-17)21-11(13)2/h9,12,14H,4-8,10,17H2,1-3H3,(H,18,20). The fourth-order valence-corrected chi connectivity index (χ4v) is 4.19. The van der Waals surface area contributed by atoms with Crippen molar-refractivity contribution in [3.63, 3.8) is 0 Å². The van der Waals surface area contributed by atoms with Crippen LogP contribution in [0.2, 0.25) is 0 Å². The van der Waals surface area contributed by atoms with Gasteiger partial charge in [-0.05, 0) is 57.2 Å². The van der Waals surface area contributed by atoms with Crippen LogP contribution in [0.25, 0.3) is 0 Å². The van der Waals surface area contributed by atoms with Gasteiger partial charge in [0.25, 0.3) is 5.91 Å². The molecule has 1 heterocycles. The van der Waals surface area contributed by atoms with Crippen LogP contribution >= 0.6 is 11.3 Å². The van der Waals surface area contributed by atoms with E-state index in [9.17, 15) is 4.79 Å². The van der Waals surface area contributed by atoms with E-state index in [2.05, 4.69) is 31.2 Å². The molecule has 0 bridgehead atoms. The van der Waals surface area contributed by atoms with Crippen molar-refractivity contribution in [1.29, 1.82) is 0 Å². The zero-order chi connectivity index (χ0) is 15.4. The summed E-state index contributed by atoms with van der Waals surface area (Å²) in [4.78, 5) is 16.0. The number of nitrogens with zero attached hydrogens (tertiary/aromatic N) is 1. The van der Waals surface area contributed by atoms with Crippen molar-refractivity contribution in [3.05, 3.63) is 21.4 Å². The predicted octanol–water partition coefficient (Wildman–Crippen LogP) is 3.06. The summed E-state index contributed by atoms with van der Waals surface area (Å²) in [5.41, 5.74) is 3.46. The number of amides is 1. The molecule has 118 valence electrons. The Bertz CT molecular complexity index is 478. The van der Waals surface area contributed by atoms with Crippen LogP contribution in [0.5, 0.6) is 0 Å². The number of hydrogen-bond acceptors (Lipinski definition) is 4. The Balaban J connectivity index is 1.95. The molecule has 1 saturated carbocycles. The second kappa shape index (κ2) is 7.38. The topological polar surface area (TPSA) is 58.4 Å². The smallest absolute Gasteiger partial charge is 0.275 e. The molecule has 0 aliphatic heterocycles. The van der Waals surface area contributed by atoms with Gasteiger partial charge in [0.15, 0.2) is 0 Å². The van der Waals surface area contributed by atoms with Crippen LogP contribution in [0.4, 0.5) is 0 Å². The Kier molecular flexibility index (Phi) is 5.79. The highest BCUT2D eigenvalue weighted by Gasteiger charge is 2.23. The molecule has 0 aromatic carbocycles. The molecule has 0 spiro atoms. The quantitative estimate of drug-likeness (QED) is 0.499. The van der Waals surface area contributed by atoms with Gasteiger partial charge in [-0.2, -0.15) is 0 Å². The number of nitrogen functional groups attached to an aromatic ring is 1. The molecule has 1 fully saturated rings. The van der Waals surface area contributed by atoms with E-state index in [1.165, 1.54) is 53.9 Å². The Morgan fingerprint density at radius 1 is 1.43 bits per heavy atom. The summed E-state index contributed by atoms with van der Waals surface area (Å²) in [6, 6.07) is 2.66. The highest BCUT2D eigenvalue weighted by atomic mass is 32.1. The van der Waals surface area contributed by atoms with E-state index in [4.69, 9.17) is 5.84 Å². The fraction of sp³-hybridized carbons (Fsp3) is 0.688. The number of rotatable bonds is 5. The maximum Gasteiger partial charge on any atom is 0.275 e. The first-order valence-corrected chi connectivity index (χ1v) is 8.67. The molecule has 3 N–H and O–H groups in total. The van der Waals surface area contributed by atoms with Crippen LogP contribution in [0, 0.1) is 12.8 Å². The van der Waals surface area contributed by atoms with E-state index < -0.39 is 0 Å². The van der Waals surface area contributed by atoms with Gasteiger partial charge in [0.1, 0.15) is 0 Å². The van der Waals surface area contributed by atoms with Gasteiger partial charge in [-0.15, -0.1) is 11.3 Å². The lowest BCUT2D eigenvalue weighted by Gasteiger charge is -2.34. The van der Waals surface area contributed by atoms with Gasteiger partial charge in [-0.3, -0.25) is 15.1 Å². The third-order valence-electron chi connectivity index (χ3n) is 4.81. The summed E-state index contributed by atoms with van der Waals surface area (Å²) in [5, 5.41) is 0. The summed E-state index contributed by atoms with van der Waals surface area (Å²) in [5.74, 6) is 5.94. The first-order chi connectivity index (χ1) is 10.0. The molecular formula is C16H27N3OS. The molecule has 2 rings (SSSR count). The number of hydrogen-bond donors (Lipinski definition) is 2. The summed E-state index contributed by atoms with van der Waals surface area (Å²) >= 11 is 1.52. The van der Waals surface area contributed by atoms with Gasteiger partial charge in [-0.1, -0.05) is 13.3 Å². The number of hydrazine groups is 1. The van der Waals surface area contributed by atoms with Gasteiger partial charge >= 0.3 is 0 Å². The van der Waals surface area contributed by atoms with Crippen LogP contribution < -0.4 is 11.3 Å². The van der Waals surface area contributed by atoms with Crippen molar-refractivity contribution in [1.82, 2.24) is 10.3 Å². The molecule has 1 aliphatic rings. The minimum absolute atomic E-state index is 0.194. The van der Waals surface area contributed by atoms with Crippen molar-refractivity contribution < 1.29 is 4.79 Å². The molecule has 0 saturated heterocycles. The fourth-order valence-electron chi connectivity index (χ4n) is 3.25. The highest BCUT2D eigenvalue weighted by molar-refractivity contribution is 7.14. The van der Waals surface area contributed by atoms with Crippen LogP contribution in [0.15, 0.2) is 6.07 Å². The van der Waals surface area contributed by atoms with Crippen LogP contribution in [0.1, 0.15) is 59.1 Å². The Morgan fingerprint density at radius 2 is 2.10 bits per heavy atom. The van der Waals surface area contributed by atoms with Gasteiger partial charge in [-0.25, -0.2) is 5.84 Å². The summed E-state index contributed by atoms with van der Waals surface area (Å²) in [6.45, 7) is 5.30. The Hall–Kier alpha value is -0.910. The van der Waals surface area contributed by atoms with E-state index in [1.807, 2.05) is 6.07 Å². The second-order valence-electron chi connectivity index (χ2n) is 6.16. The third-order valence-corrected chi connectivity index (χ3v) is 5.90. The summed E-state index contributed by atoms with van der Waals surface area (Å²) in [7, 11) is 2.21. The number of carbonyl (C=O) groups excluding carboxylic acids is 1. The lowest BCUT2D eigenvalue weighted by atomic mass is 9.84. The SMILES string of the molecule is CCC1CCC(N(C)Cc2cc(C(=O)NN)sc2C)CC1. The van der Waals surface area contributed by atoms with Crippen LogP contribution in [-0.4, -0.2) is 23.9 Å². The monoisotopic (exact) mass is 309 g/mol. The summed E-state index contributed by atoms with van der Waals surface area (Å²) < 4.78 is 0. The molecule has 1 amide bonds. The Morgan fingerprint density at radius 3 is 2.67 bits per heavy atom. The van der Waals surface area contributed by atoms with Crippen molar-refractivity contribution in [2.24, 2.45) is 11.8 Å². The molecule has 1 aliphatic carbocycles. The molecule has 0 radical (unpaired) electrons. The predicted molar refractivity (Wildman–Crippen MR) is 88.2 cm³/mol. The number of nitrogens with one attached hydrogen (secondary N) is 1. The van der Waals surface area contributed by atoms with Crippen molar-refractivity contribution in [3.8, 4) is 0 Å². The normalized spacial score (nSPS) is 22.5. The van der Waals surface area contributed by atoms with Crippen LogP contribution in [-0.2, 0) is 6.54 Å². The zero-order valence-electron chi connectivity index (χ0n) is 13.3. The average Bonchev–Trinajstić information content (AvgIpc) is 2.87. The molecule has 0 unspecified atom stereocenters. The lowest BCUT2D eigenvalue weighted by molar-refractivity contribution is 0.0957. The van der Waals surface area contributed by atoms with E-state index in [-0.39, 0.29) is 5.91 Å². The number of nitrogens with two attached hydrogens (primary N) is 1. The maximum absolute atomic E-state index is 11.6. The highest BCUT2D eigenvalue weighted by Crippen LogP contribution is 2.30. The average molecular weight is 309 g/mol. The minimum Gasteiger partial charge on any atom is -0.299 e. The maximum atomic E-state index is 11.6. The number of aryl methyl sites for hydroxylation is 1. The Labute approximate surface area is 131 Å². The van der Waals surface area contributed by atoms with E-state index in [1.54, 1.807) is 0 Å². The molecule has 1 aromatic rings. The van der Waals surface area contributed by atoms with Crippen molar-refractivity contribution >= 4 is 17.2 Å². The van der Waals surface area contributed by atoms with Crippen molar-refractivity contribution in [2.45, 2.75) is 58.5 Å². The van der Waals surface area contributed by atoms with Gasteiger partial charge in [0, 0.05) is 17.5 Å². The van der Waals surface area contributed by atoms with Gasteiger partial charge in [0.2, 0.25) is 0 Å². The number of carbonyl (C=O) groups is 1. The van der Waals surface area contributed by atoms with E-state index >= 15 is 0 Å². The van der Waals surface area contributed by atoms with Crippen molar-refractivity contribution in [2.75, 3.05) is 7.05 Å². The minimum atomic E-state index is -0.194. The van der Waals surface area contributed by atoms with E-state index in [0.29, 0.717) is 10.9 Å². The molecule has 1 aromatic heterocycles. The zero-order valence-corrected chi connectivity index (χ0v) is 14.1. The third kappa shape index (κ3) is 4.05. The van der Waals surface area contributed by atoms with Crippen LogP contribution in [0.3, 0.4) is 0 Å². The molecule has 5 heteroatoms. The molecule has 4 nitrogen and oxygen atoms in total. The number of thiophene rings is 1.